The van der Waals surface area contributed by atoms with Crippen molar-refractivity contribution in [3.8, 4) is 5.75 Å². The van der Waals surface area contributed by atoms with Gasteiger partial charge in [0, 0.05) is 6.54 Å². The Morgan fingerprint density at radius 1 is 1.28 bits per heavy atom. The van der Waals surface area contributed by atoms with Gasteiger partial charge >= 0.3 is 5.51 Å². The van der Waals surface area contributed by atoms with E-state index in [4.69, 9.17) is 10.5 Å². The van der Waals surface area contributed by atoms with Crippen molar-refractivity contribution in [2.45, 2.75) is 30.7 Å². The Bertz CT molecular complexity index is 672. The number of nitrogens with zero attached hydrogens (tertiary/aromatic N) is 1. The fourth-order valence-electron chi connectivity index (χ4n) is 1.70. The lowest BCUT2D eigenvalue weighted by atomic mass is 10.1. The van der Waals surface area contributed by atoms with Gasteiger partial charge in [-0.15, -0.1) is 0 Å². The smallest absolute Gasteiger partial charge is 0.492 e. The van der Waals surface area contributed by atoms with E-state index in [-0.39, 0.29) is 18.3 Å². The van der Waals surface area contributed by atoms with Crippen molar-refractivity contribution in [1.29, 1.82) is 0 Å². The van der Waals surface area contributed by atoms with Crippen molar-refractivity contribution < 1.29 is 26.3 Å². The molecule has 0 saturated heterocycles. The normalized spacial score (nSPS) is 13.1. The summed E-state index contributed by atoms with van der Waals surface area (Å²) in [6.07, 6.45) is 0.923. The van der Waals surface area contributed by atoms with Crippen LogP contribution in [0.2, 0.25) is 0 Å². The van der Waals surface area contributed by atoms with Crippen LogP contribution in [0.5, 0.6) is 5.75 Å². The van der Waals surface area contributed by atoms with Gasteiger partial charge in [0.15, 0.2) is 5.96 Å². The first kappa shape index (κ1) is 21.1. The average Bonchev–Trinajstić information content (AvgIpc) is 2.50. The Hall–Kier alpha value is -1.97. The Balaban J connectivity index is 2.45. The highest BCUT2D eigenvalue weighted by Crippen LogP contribution is 2.30. The number of aliphatic imine (C=N–C) groups is 1. The lowest BCUT2D eigenvalue weighted by molar-refractivity contribution is -0.0436. The van der Waals surface area contributed by atoms with Gasteiger partial charge in [-0.1, -0.05) is 13.8 Å². The molecule has 25 heavy (non-hydrogen) atoms. The third kappa shape index (κ3) is 6.81. The fourth-order valence-corrected chi connectivity index (χ4v) is 2.46. The topological polar surface area (TPSA) is 93.8 Å². The molecule has 0 aliphatic carbocycles. The summed E-state index contributed by atoms with van der Waals surface area (Å²) in [5.74, 6) is 1.07. The number of ether oxygens (including phenoxy) is 1. The number of benzene rings is 1. The second-order valence-electron chi connectivity index (χ2n) is 5.65. The Morgan fingerprint density at radius 2 is 1.88 bits per heavy atom. The Labute approximate surface area is 145 Å². The minimum absolute atomic E-state index is 0.186. The third-order valence-electron chi connectivity index (χ3n) is 3.10. The van der Waals surface area contributed by atoms with E-state index >= 15 is 0 Å². The van der Waals surface area contributed by atoms with E-state index < -0.39 is 20.2 Å². The zero-order chi connectivity index (χ0) is 19.1. The average molecular weight is 381 g/mol. The number of guanidine groups is 1. The minimum Gasteiger partial charge on any atom is -0.492 e. The summed E-state index contributed by atoms with van der Waals surface area (Å²) in [7, 11) is -5.34. The molecular weight excluding hydrogens is 359 g/mol. The lowest BCUT2D eigenvalue weighted by Crippen LogP contribution is -2.34. The molecule has 1 rings (SSSR count). The van der Waals surface area contributed by atoms with Gasteiger partial charge in [-0.3, -0.25) is 4.99 Å². The monoisotopic (exact) mass is 381 g/mol. The van der Waals surface area contributed by atoms with Crippen LogP contribution in [0.1, 0.15) is 20.3 Å². The minimum atomic E-state index is -5.34. The SMILES string of the molecule is CC(C)CCN=C(N)NCCOc1ccc(S(=O)(=O)C(F)(F)F)cc1. The van der Waals surface area contributed by atoms with Crippen LogP contribution in [-0.4, -0.2) is 39.6 Å². The molecule has 0 fully saturated rings. The van der Waals surface area contributed by atoms with Crippen molar-refractivity contribution >= 4 is 15.8 Å². The van der Waals surface area contributed by atoms with Gasteiger partial charge in [-0.05, 0) is 36.6 Å². The molecule has 1 aromatic rings. The molecule has 0 spiro atoms. The van der Waals surface area contributed by atoms with Crippen molar-refractivity contribution in [1.82, 2.24) is 5.32 Å². The largest absolute Gasteiger partial charge is 0.501 e. The molecule has 0 saturated carbocycles. The molecule has 6 nitrogen and oxygen atoms in total. The van der Waals surface area contributed by atoms with Crippen LogP contribution in [0.3, 0.4) is 0 Å². The molecule has 10 heteroatoms. The predicted octanol–water partition coefficient (Wildman–Crippen LogP) is 2.31. The quantitative estimate of drug-likeness (QED) is 0.409. The highest BCUT2D eigenvalue weighted by atomic mass is 32.2. The molecule has 0 atom stereocenters. The van der Waals surface area contributed by atoms with Gasteiger partial charge in [-0.25, -0.2) is 8.42 Å². The molecule has 0 bridgehead atoms. The van der Waals surface area contributed by atoms with Gasteiger partial charge in [-0.2, -0.15) is 13.2 Å². The highest BCUT2D eigenvalue weighted by Gasteiger charge is 2.46. The molecule has 0 heterocycles. The van der Waals surface area contributed by atoms with E-state index in [1.807, 2.05) is 0 Å². The first-order valence-electron chi connectivity index (χ1n) is 7.62. The van der Waals surface area contributed by atoms with Gasteiger partial charge in [0.05, 0.1) is 11.4 Å². The van der Waals surface area contributed by atoms with Gasteiger partial charge < -0.3 is 15.8 Å². The summed E-state index contributed by atoms with van der Waals surface area (Å²) in [5.41, 5.74) is 0.330. The number of hydrogen-bond acceptors (Lipinski definition) is 4. The van der Waals surface area contributed by atoms with Crippen LogP contribution in [0.4, 0.5) is 13.2 Å². The van der Waals surface area contributed by atoms with Crippen molar-refractivity contribution in [2.75, 3.05) is 19.7 Å². The van der Waals surface area contributed by atoms with Crippen LogP contribution in [-0.2, 0) is 9.84 Å². The standard InChI is InChI=1S/C15H22F3N3O3S/c1-11(2)7-8-20-14(19)21-9-10-24-12-3-5-13(6-4-12)25(22,23)15(16,17)18/h3-6,11H,7-10H2,1-2H3,(H3,19,20,21). The zero-order valence-electron chi connectivity index (χ0n) is 14.0. The van der Waals surface area contributed by atoms with E-state index in [1.165, 1.54) is 12.1 Å². The maximum atomic E-state index is 12.4. The summed E-state index contributed by atoms with van der Waals surface area (Å²) >= 11 is 0. The first-order chi connectivity index (χ1) is 11.5. The highest BCUT2D eigenvalue weighted by molar-refractivity contribution is 7.92. The van der Waals surface area contributed by atoms with Crippen molar-refractivity contribution in [2.24, 2.45) is 16.6 Å². The summed E-state index contributed by atoms with van der Waals surface area (Å²) in [6.45, 7) is 5.31. The fraction of sp³-hybridized carbons (Fsp3) is 0.533. The van der Waals surface area contributed by atoms with Crippen LogP contribution >= 0.6 is 0 Å². The molecule has 0 radical (unpaired) electrons. The summed E-state index contributed by atoms with van der Waals surface area (Å²) in [5, 5.41) is 2.84. The van der Waals surface area contributed by atoms with E-state index in [0.29, 0.717) is 19.0 Å². The summed E-state index contributed by atoms with van der Waals surface area (Å²) in [4.78, 5) is 3.30. The maximum Gasteiger partial charge on any atom is 0.501 e. The van der Waals surface area contributed by atoms with Crippen molar-refractivity contribution in [3.63, 3.8) is 0 Å². The molecule has 0 aliphatic rings. The number of halogens is 3. The number of sulfone groups is 1. The van der Waals surface area contributed by atoms with Gasteiger partial charge in [0.25, 0.3) is 9.84 Å². The van der Waals surface area contributed by atoms with Crippen LogP contribution < -0.4 is 15.8 Å². The molecule has 142 valence electrons. The molecule has 3 N–H and O–H groups in total. The van der Waals surface area contributed by atoms with Crippen LogP contribution in [0, 0.1) is 5.92 Å². The molecular formula is C15H22F3N3O3S. The van der Waals surface area contributed by atoms with E-state index in [2.05, 4.69) is 24.2 Å². The second kappa shape index (κ2) is 8.93. The Morgan fingerprint density at radius 3 is 2.40 bits per heavy atom. The number of alkyl halides is 3. The molecule has 1 aromatic carbocycles. The number of rotatable bonds is 8. The maximum absolute atomic E-state index is 12.4. The summed E-state index contributed by atoms with van der Waals surface area (Å²) in [6, 6.07) is 4.04. The van der Waals surface area contributed by atoms with E-state index in [0.717, 1.165) is 18.6 Å². The molecule has 0 amide bonds. The predicted molar refractivity (Wildman–Crippen MR) is 89.1 cm³/mol. The van der Waals surface area contributed by atoms with E-state index in [9.17, 15) is 21.6 Å². The lowest BCUT2D eigenvalue weighted by Gasteiger charge is -2.10. The zero-order valence-corrected chi connectivity index (χ0v) is 14.8. The molecule has 0 aromatic heterocycles. The van der Waals surface area contributed by atoms with Crippen molar-refractivity contribution in [3.05, 3.63) is 24.3 Å². The van der Waals surface area contributed by atoms with Gasteiger partial charge in [0.1, 0.15) is 12.4 Å². The van der Waals surface area contributed by atoms with Crippen LogP contribution in [0.25, 0.3) is 0 Å². The van der Waals surface area contributed by atoms with Crippen LogP contribution in [0.15, 0.2) is 34.2 Å². The number of nitrogens with two attached hydrogens (primary N) is 1. The van der Waals surface area contributed by atoms with E-state index in [1.54, 1.807) is 0 Å². The third-order valence-corrected chi connectivity index (χ3v) is 4.61. The molecule has 0 unspecified atom stereocenters. The Kier molecular flexibility index (Phi) is 7.53. The summed E-state index contributed by atoms with van der Waals surface area (Å²) < 4.78 is 65.0. The molecule has 0 aliphatic heterocycles. The second-order valence-corrected chi connectivity index (χ2v) is 7.59. The number of nitrogens with one attached hydrogen (secondary N) is 1. The first-order valence-corrected chi connectivity index (χ1v) is 9.10. The van der Waals surface area contributed by atoms with Gasteiger partial charge in [0.2, 0.25) is 0 Å². The number of hydrogen-bond donors (Lipinski definition) is 2.